The van der Waals surface area contributed by atoms with Gasteiger partial charge in [-0.05, 0) is 43.7 Å². The highest BCUT2D eigenvalue weighted by Crippen LogP contribution is 2.38. The molecule has 0 atom stereocenters. The molecule has 0 aliphatic heterocycles. The molecule has 0 unspecified atom stereocenters. The summed E-state index contributed by atoms with van der Waals surface area (Å²) in [6.07, 6.45) is 4.14. The second kappa shape index (κ2) is 4.36. The molecule has 1 N–H and O–H groups in total. The molecule has 100 valence electrons. The molecule has 0 saturated heterocycles. The molecule has 5 nitrogen and oxygen atoms in total. The zero-order valence-corrected chi connectivity index (χ0v) is 10.9. The Morgan fingerprint density at radius 2 is 2.00 bits per heavy atom. The van der Waals surface area contributed by atoms with Crippen LogP contribution >= 0.6 is 0 Å². The Morgan fingerprint density at radius 3 is 2.50 bits per heavy atom. The van der Waals surface area contributed by atoms with Crippen LogP contribution in [0.4, 0.5) is 0 Å². The molecule has 2 fully saturated rings. The van der Waals surface area contributed by atoms with E-state index in [1.807, 2.05) is 0 Å². The lowest BCUT2D eigenvalue weighted by Crippen LogP contribution is -2.34. The Balaban J connectivity index is 1.85. The molecule has 0 spiro atoms. The molecule has 18 heavy (non-hydrogen) atoms. The number of furan rings is 1. The van der Waals surface area contributed by atoms with Crippen LogP contribution in [0, 0.1) is 5.92 Å². The SMILES string of the molecule is O=S(=O)(c1ccc(CO)o1)N(CC1CC1)C1CC1. The van der Waals surface area contributed by atoms with Crippen LogP contribution in [0.2, 0.25) is 0 Å². The number of hydrogen-bond acceptors (Lipinski definition) is 4. The first kappa shape index (κ1) is 12.2. The van der Waals surface area contributed by atoms with E-state index in [9.17, 15) is 8.42 Å². The fourth-order valence-corrected chi connectivity index (χ4v) is 3.75. The van der Waals surface area contributed by atoms with Crippen molar-refractivity contribution in [3.8, 4) is 0 Å². The minimum absolute atomic E-state index is 0.0425. The molecule has 0 bridgehead atoms. The summed E-state index contributed by atoms with van der Waals surface area (Å²) in [6, 6.07) is 3.09. The van der Waals surface area contributed by atoms with E-state index in [0.717, 1.165) is 25.7 Å². The third-order valence-electron chi connectivity index (χ3n) is 3.45. The van der Waals surface area contributed by atoms with Crippen molar-refractivity contribution in [3.63, 3.8) is 0 Å². The second-order valence-electron chi connectivity index (χ2n) is 5.13. The van der Waals surface area contributed by atoms with Gasteiger partial charge >= 0.3 is 0 Å². The third-order valence-corrected chi connectivity index (χ3v) is 5.24. The first-order valence-electron chi connectivity index (χ1n) is 6.32. The molecular weight excluding hydrogens is 254 g/mol. The van der Waals surface area contributed by atoms with E-state index in [1.54, 1.807) is 4.31 Å². The predicted octanol–water partition coefficient (Wildman–Crippen LogP) is 1.33. The quantitative estimate of drug-likeness (QED) is 0.847. The van der Waals surface area contributed by atoms with Gasteiger partial charge in [0.25, 0.3) is 10.0 Å². The van der Waals surface area contributed by atoms with Crippen molar-refractivity contribution < 1.29 is 17.9 Å². The van der Waals surface area contributed by atoms with Crippen LogP contribution in [0.3, 0.4) is 0 Å². The largest absolute Gasteiger partial charge is 0.446 e. The minimum Gasteiger partial charge on any atom is -0.446 e. The Bertz CT molecular complexity index is 528. The molecular formula is C12H17NO4S. The van der Waals surface area contributed by atoms with Crippen LogP contribution in [-0.2, 0) is 16.6 Å². The number of hydrogen-bond donors (Lipinski definition) is 1. The lowest BCUT2D eigenvalue weighted by molar-refractivity contribution is 0.234. The lowest BCUT2D eigenvalue weighted by Gasteiger charge is -2.20. The molecule has 3 rings (SSSR count). The van der Waals surface area contributed by atoms with Crippen LogP contribution < -0.4 is 0 Å². The van der Waals surface area contributed by atoms with Gasteiger partial charge in [-0.25, -0.2) is 8.42 Å². The van der Waals surface area contributed by atoms with Crippen molar-refractivity contribution >= 4 is 10.0 Å². The summed E-state index contributed by atoms with van der Waals surface area (Å²) in [7, 11) is -3.53. The standard InChI is InChI=1S/C12H17NO4S/c14-8-11-5-6-12(17-11)18(15,16)13(10-3-4-10)7-9-1-2-9/h5-6,9-10,14H,1-4,7-8H2. The highest BCUT2D eigenvalue weighted by molar-refractivity contribution is 7.89. The smallest absolute Gasteiger partial charge is 0.276 e. The van der Waals surface area contributed by atoms with Crippen molar-refractivity contribution in [1.82, 2.24) is 4.31 Å². The normalized spacial score (nSPS) is 20.6. The van der Waals surface area contributed by atoms with Crippen LogP contribution in [0.5, 0.6) is 0 Å². The summed E-state index contributed by atoms with van der Waals surface area (Å²) in [5.74, 6) is 0.809. The van der Waals surface area contributed by atoms with Gasteiger partial charge in [0, 0.05) is 12.6 Å². The Kier molecular flexibility index (Phi) is 2.96. The summed E-state index contributed by atoms with van der Waals surface area (Å²) in [6.45, 7) is 0.337. The number of aliphatic hydroxyl groups excluding tert-OH is 1. The van der Waals surface area contributed by atoms with Crippen molar-refractivity contribution in [2.24, 2.45) is 5.92 Å². The highest BCUT2D eigenvalue weighted by atomic mass is 32.2. The van der Waals surface area contributed by atoms with E-state index in [2.05, 4.69) is 0 Å². The van der Waals surface area contributed by atoms with Crippen molar-refractivity contribution in [1.29, 1.82) is 0 Å². The maximum absolute atomic E-state index is 12.5. The Labute approximate surface area is 106 Å². The van der Waals surface area contributed by atoms with Gasteiger partial charge in [0.2, 0.25) is 5.09 Å². The first-order valence-corrected chi connectivity index (χ1v) is 7.76. The molecule has 1 aromatic heterocycles. The Morgan fingerprint density at radius 1 is 1.28 bits per heavy atom. The zero-order chi connectivity index (χ0) is 12.8. The van der Waals surface area contributed by atoms with E-state index < -0.39 is 10.0 Å². The van der Waals surface area contributed by atoms with Crippen LogP contribution in [0.15, 0.2) is 21.6 Å². The summed E-state index contributed by atoms with van der Waals surface area (Å²) >= 11 is 0. The Hall–Kier alpha value is -0.850. The molecule has 0 radical (unpaired) electrons. The van der Waals surface area contributed by atoms with E-state index in [1.165, 1.54) is 12.1 Å². The van der Waals surface area contributed by atoms with Gasteiger partial charge in [-0.3, -0.25) is 0 Å². The molecule has 2 aliphatic carbocycles. The molecule has 0 amide bonds. The van der Waals surface area contributed by atoms with E-state index >= 15 is 0 Å². The van der Waals surface area contributed by atoms with Gasteiger partial charge in [0.15, 0.2) is 0 Å². The highest BCUT2D eigenvalue weighted by Gasteiger charge is 2.42. The molecule has 2 aliphatic rings. The molecule has 1 aromatic rings. The maximum atomic E-state index is 12.5. The molecule has 6 heteroatoms. The lowest BCUT2D eigenvalue weighted by atomic mass is 10.4. The maximum Gasteiger partial charge on any atom is 0.276 e. The van der Waals surface area contributed by atoms with Crippen LogP contribution in [0.25, 0.3) is 0 Å². The van der Waals surface area contributed by atoms with E-state index in [-0.39, 0.29) is 23.5 Å². The van der Waals surface area contributed by atoms with Crippen molar-refractivity contribution in [3.05, 3.63) is 17.9 Å². The summed E-state index contributed by atoms with van der Waals surface area (Å²) in [4.78, 5) is 0. The summed E-state index contributed by atoms with van der Waals surface area (Å²) < 4.78 is 31.7. The predicted molar refractivity (Wildman–Crippen MR) is 64.3 cm³/mol. The molecule has 0 aromatic carbocycles. The monoisotopic (exact) mass is 271 g/mol. The fourth-order valence-electron chi connectivity index (χ4n) is 2.06. The number of rotatable bonds is 6. The van der Waals surface area contributed by atoms with Crippen LogP contribution in [0.1, 0.15) is 31.4 Å². The van der Waals surface area contributed by atoms with Crippen molar-refractivity contribution in [2.75, 3.05) is 6.54 Å². The summed E-state index contributed by atoms with van der Waals surface area (Å²) in [5.41, 5.74) is 0. The van der Waals surface area contributed by atoms with Gasteiger partial charge in [-0.1, -0.05) is 0 Å². The number of nitrogens with zero attached hydrogens (tertiary/aromatic N) is 1. The van der Waals surface area contributed by atoms with Gasteiger partial charge in [0.05, 0.1) is 0 Å². The fraction of sp³-hybridized carbons (Fsp3) is 0.667. The topological polar surface area (TPSA) is 70.8 Å². The van der Waals surface area contributed by atoms with Gasteiger partial charge in [-0.2, -0.15) is 4.31 Å². The van der Waals surface area contributed by atoms with Gasteiger partial charge in [0.1, 0.15) is 12.4 Å². The summed E-state index contributed by atoms with van der Waals surface area (Å²) in [5, 5.41) is 8.89. The van der Waals surface area contributed by atoms with Gasteiger partial charge in [-0.15, -0.1) is 0 Å². The number of sulfonamides is 1. The van der Waals surface area contributed by atoms with E-state index in [0.29, 0.717) is 12.5 Å². The minimum atomic E-state index is -3.53. The average molecular weight is 271 g/mol. The number of aliphatic hydroxyl groups is 1. The third kappa shape index (κ3) is 2.32. The van der Waals surface area contributed by atoms with E-state index in [4.69, 9.17) is 9.52 Å². The van der Waals surface area contributed by atoms with Crippen LogP contribution in [-0.4, -0.2) is 30.4 Å². The first-order chi connectivity index (χ1) is 8.61. The molecule has 2 saturated carbocycles. The molecule has 1 heterocycles. The second-order valence-corrected chi connectivity index (χ2v) is 6.95. The van der Waals surface area contributed by atoms with Crippen molar-refractivity contribution in [2.45, 2.75) is 43.4 Å². The average Bonchev–Trinajstić information content (AvgIpc) is 3.24. The zero-order valence-electron chi connectivity index (χ0n) is 10.1. The van der Waals surface area contributed by atoms with Gasteiger partial charge < -0.3 is 9.52 Å².